The van der Waals surface area contributed by atoms with Crippen LogP contribution in [0.1, 0.15) is 6.42 Å². The predicted octanol–water partition coefficient (Wildman–Crippen LogP) is -0.430. The normalized spacial score (nSPS) is 21.2. The van der Waals surface area contributed by atoms with Crippen LogP contribution in [0, 0.1) is 5.92 Å². The van der Waals surface area contributed by atoms with Crippen molar-refractivity contribution in [3.05, 3.63) is 0 Å². The molecule has 15 heavy (non-hydrogen) atoms. The Balaban J connectivity index is 2.42. The second-order valence-electron chi connectivity index (χ2n) is 4.07. The van der Waals surface area contributed by atoms with Gasteiger partial charge in [0.05, 0.1) is 13.0 Å². The molecule has 1 aliphatic heterocycles. The molecule has 0 aromatic heterocycles. The Kier molecular flexibility index (Phi) is 4.08. The number of hydrogen-bond donors (Lipinski definition) is 0. The van der Waals surface area contributed by atoms with Gasteiger partial charge in [-0.25, -0.2) is 0 Å². The Hall–Kier alpha value is -1.10. The summed E-state index contributed by atoms with van der Waals surface area (Å²) in [6, 6.07) is 0. The van der Waals surface area contributed by atoms with E-state index in [0.717, 1.165) is 6.54 Å². The summed E-state index contributed by atoms with van der Waals surface area (Å²) in [5.41, 5.74) is 0. The van der Waals surface area contributed by atoms with Gasteiger partial charge < -0.3 is 14.5 Å². The molecule has 1 saturated heterocycles. The fraction of sp³-hybridized carbons (Fsp3) is 0.800. The number of nitrogens with zero attached hydrogens (tertiary/aromatic N) is 2. The summed E-state index contributed by atoms with van der Waals surface area (Å²) >= 11 is 0. The minimum absolute atomic E-state index is 0.0484. The molecule has 1 heterocycles. The van der Waals surface area contributed by atoms with Crippen molar-refractivity contribution in [3.63, 3.8) is 0 Å². The monoisotopic (exact) mass is 214 g/mol. The summed E-state index contributed by atoms with van der Waals surface area (Å²) in [6.07, 6.45) is 0.292. The second kappa shape index (κ2) is 5.11. The lowest BCUT2D eigenvalue weighted by molar-refractivity contribution is -0.145. The zero-order valence-electron chi connectivity index (χ0n) is 9.52. The molecular formula is C10H18N2O3. The van der Waals surface area contributed by atoms with Crippen molar-refractivity contribution in [2.75, 3.05) is 40.8 Å². The molecule has 0 saturated carbocycles. The van der Waals surface area contributed by atoms with Crippen LogP contribution in [-0.4, -0.2) is 62.5 Å². The average molecular weight is 214 g/mol. The van der Waals surface area contributed by atoms with Crippen molar-refractivity contribution < 1.29 is 14.3 Å². The predicted molar refractivity (Wildman–Crippen MR) is 55.3 cm³/mol. The van der Waals surface area contributed by atoms with Crippen molar-refractivity contribution >= 4 is 11.9 Å². The highest BCUT2D eigenvalue weighted by Crippen LogP contribution is 2.18. The van der Waals surface area contributed by atoms with Gasteiger partial charge in [0.1, 0.15) is 0 Å². The fourth-order valence-electron chi connectivity index (χ4n) is 1.63. The van der Waals surface area contributed by atoms with E-state index in [4.69, 9.17) is 0 Å². The van der Waals surface area contributed by atoms with Gasteiger partial charge >= 0.3 is 5.97 Å². The number of likely N-dealkylation sites (N-methyl/N-ethyl adjacent to an activating group) is 1. The molecule has 5 nitrogen and oxygen atoms in total. The molecule has 0 spiro atoms. The largest absolute Gasteiger partial charge is 0.469 e. The molecule has 0 aromatic rings. The van der Waals surface area contributed by atoms with Gasteiger partial charge in [-0.3, -0.25) is 9.59 Å². The van der Waals surface area contributed by atoms with Crippen LogP contribution in [0.25, 0.3) is 0 Å². The third-order valence-corrected chi connectivity index (χ3v) is 2.57. The maximum Gasteiger partial charge on any atom is 0.310 e. The molecule has 1 fully saturated rings. The van der Waals surface area contributed by atoms with E-state index in [0.29, 0.717) is 19.5 Å². The van der Waals surface area contributed by atoms with E-state index in [1.165, 1.54) is 7.11 Å². The number of ether oxygens (including phenoxy) is 1. The molecule has 1 amide bonds. The standard InChI is InChI=1S/C10H18N2O3/c1-11(2)4-5-12-7-8(6-9(12)13)10(14)15-3/h8H,4-7H2,1-3H3. The summed E-state index contributed by atoms with van der Waals surface area (Å²) in [7, 11) is 5.27. The van der Waals surface area contributed by atoms with Crippen molar-refractivity contribution in [1.82, 2.24) is 9.80 Å². The number of rotatable bonds is 4. The molecular weight excluding hydrogens is 196 g/mol. The highest BCUT2D eigenvalue weighted by Gasteiger charge is 2.34. The van der Waals surface area contributed by atoms with Gasteiger partial charge in [-0.15, -0.1) is 0 Å². The van der Waals surface area contributed by atoms with E-state index in [2.05, 4.69) is 4.74 Å². The average Bonchev–Trinajstić information content (AvgIpc) is 2.55. The molecule has 5 heteroatoms. The number of likely N-dealkylation sites (tertiary alicyclic amines) is 1. The smallest absolute Gasteiger partial charge is 0.310 e. The first-order valence-corrected chi connectivity index (χ1v) is 5.05. The molecule has 1 atom stereocenters. The topological polar surface area (TPSA) is 49.9 Å². The van der Waals surface area contributed by atoms with Crippen LogP contribution in [-0.2, 0) is 14.3 Å². The maximum atomic E-state index is 11.5. The van der Waals surface area contributed by atoms with Gasteiger partial charge in [0.15, 0.2) is 0 Å². The quantitative estimate of drug-likeness (QED) is 0.596. The van der Waals surface area contributed by atoms with Crippen LogP contribution in [0.4, 0.5) is 0 Å². The van der Waals surface area contributed by atoms with Crippen LogP contribution in [0.15, 0.2) is 0 Å². The molecule has 0 N–H and O–H groups in total. The van der Waals surface area contributed by atoms with E-state index in [1.54, 1.807) is 4.90 Å². The zero-order valence-corrected chi connectivity index (χ0v) is 9.52. The van der Waals surface area contributed by atoms with Crippen molar-refractivity contribution in [2.45, 2.75) is 6.42 Å². The van der Waals surface area contributed by atoms with Crippen molar-refractivity contribution in [2.24, 2.45) is 5.92 Å². The minimum atomic E-state index is -0.282. The Morgan fingerprint density at radius 3 is 2.80 bits per heavy atom. The molecule has 0 aliphatic carbocycles. The van der Waals surface area contributed by atoms with Crippen molar-refractivity contribution in [1.29, 1.82) is 0 Å². The number of amides is 1. The number of hydrogen-bond acceptors (Lipinski definition) is 4. The number of esters is 1. The van der Waals surface area contributed by atoms with Crippen LogP contribution >= 0.6 is 0 Å². The Labute approximate surface area is 90.0 Å². The molecule has 0 radical (unpaired) electrons. The van der Waals surface area contributed by atoms with E-state index >= 15 is 0 Å². The highest BCUT2D eigenvalue weighted by molar-refractivity contribution is 5.86. The molecule has 0 bridgehead atoms. The summed E-state index contributed by atoms with van der Waals surface area (Å²) in [6.45, 7) is 2.00. The van der Waals surface area contributed by atoms with Crippen LogP contribution < -0.4 is 0 Å². The summed E-state index contributed by atoms with van der Waals surface area (Å²) in [5, 5.41) is 0. The minimum Gasteiger partial charge on any atom is -0.469 e. The number of methoxy groups -OCH3 is 1. The first kappa shape index (κ1) is 12.0. The lowest BCUT2D eigenvalue weighted by atomic mass is 10.1. The Morgan fingerprint density at radius 2 is 2.27 bits per heavy atom. The SMILES string of the molecule is COC(=O)C1CC(=O)N(CCN(C)C)C1. The molecule has 0 aromatic carbocycles. The number of carbonyl (C=O) groups is 2. The van der Waals surface area contributed by atoms with Crippen LogP contribution in [0.3, 0.4) is 0 Å². The second-order valence-corrected chi connectivity index (χ2v) is 4.07. The fourth-order valence-corrected chi connectivity index (χ4v) is 1.63. The van der Waals surface area contributed by atoms with Gasteiger partial charge in [0.2, 0.25) is 5.91 Å². The van der Waals surface area contributed by atoms with E-state index in [1.807, 2.05) is 19.0 Å². The van der Waals surface area contributed by atoms with E-state index in [9.17, 15) is 9.59 Å². The van der Waals surface area contributed by atoms with Gasteiger partial charge in [-0.2, -0.15) is 0 Å². The van der Waals surface area contributed by atoms with Gasteiger partial charge in [-0.1, -0.05) is 0 Å². The molecule has 1 aliphatic rings. The number of carbonyl (C=O) groups excluding carboxylic acids is 2. The maximum absolute atomic E-state index is 11.5. The van der Waals surface area contributed by atoms with Gasteiger partial charge in [-0.05, 0) is 14.1 Å². The summed E-state index contributed by atoms with van der Waals surface area (Å²) < 4.78 is 4.63. The first-order chi connectivity index (χ1) is 7.04. The van der Waals surface area contributed by atoms with Crippen LogP contribution in [0.2, 0.25) is 0 Å². The Bertz CT molecular complexity index is 253. The molecule has 1 unspecified atom stereocenters. The Morgan fingerprint density at radius 1 is 1.60 bits per heavy atom. The van der Waals surface area contributed by atoms with E-state index in [-0.39, 0.29) is 17.8 Å². The third kappa shape index (κ3) is 3.20. The van der Waals surface area contributed by atoms with Gasteiger partial charge in [0, 0.05) is 26.1 Å². The van der Waals surface area contributed by atoms with Crippen molar-refractivity contribution in [3.8, 4) is 0 Å². The lowest BCUT2D eigenvalue weighted by Gasteiger charge is -2.18. The van der Waals surface area contributed by atoms with E-state index < -0.39 is 0 Å². The molecule has 1 rings (SSSR count). The summed E-state index contributed by atoms with van der Waals surface area (Å²) in [4.78, 5) is 26.5. The van der Waals surface area contributed by atoms with Gasteiger partial charge in [0.25, 0.3) is 0 Å². The third-order valence-electron chi connectivity index (χ3n) is 2.57. The molecule has 86 valence electrons. The highest BCUT2D eigenvalue weighted by atomic mass is 16.5. The lowest BCUT2D eigenvalue weighted by Crippen LogP contribution is -2.33. The van der Waals surface area contributed by atoms with Crippen LogP contribution in [0.5, 0.6) is 0 Å². The summed E-state index contributed by atoms with van der Waals surface area (Å²) in [5.74, 6) is -0.507. The zero-order chi connectivity index (χ0) is 11.4. The first-order valence-electron chi connectivity index (χ1n) is 5.05.